The Morgan fingerprint density at radius 3 is 0.784 bits per heavy atom. The van der Waals surface area contributed by atoms with Gasteiger partial charge in [0, 0.05) is 0 Å². The summed E-state index contributed by atoms with van der Waals surface area (Å²) in [6, 6.07) is 111. The van der Waals surface area contributed by atoms with E-state index in [0.717, 1.165) is 282 Å². The zero-order valence-corrected chi connectivity index (χ0v) is 66.3. The smallest absolute Gasteiger partial charge is 0.223 e. The fourth-order valence-electron chi connectivity index (χ4n) is 21.6. The first-order valence-electron chi connectivity index (χ1n) is 41.7. The summed E-state index contributed by atoms with van der Waals surface area (Å²) in [5.74, 6) is 4.69. The van der Waals surface area contributed by atoms with Crippen LogP contribution >= 0.6 is 0 Å². The topological polar surface area (TPSA) is 188 Å². The van der Waals surface area contributed by atoms with Gasteiger partial charge in [0.25, 0.3) is 0 Å². The molecule has 0 aliphatic rings. The van der Waals surface area contributed by atoms with Crippen molar-refractivity contribution in [3.8, 4) is 73.8 Å². The predicted octanol–water partition coefficient (Wildman–Crippen LogP) is 24.5. The molecule has 125 heavy (non-hydrogen) atoms. The van der Waals surface area contributed by atoms with E-state index in [2.05, 4.69) is 308 Å². The van der Waals surface area contributed by atoms with Gasteiger partial charge in [0.1, 0.15) is 16.6 Å². The molecule has 572 valence electrons. The molecule has 0 N–H and O–H groups in total. The van der Waals surface area contributed by atoms with Crippen LogP contribution in [0.4, 0.5) is 0 Å². The van der Waals surface area contributed by atoms with E-state index in [-0.39, 0.29) is 0 Å². The summed E-state index contributed by atoms with van der Waals surface area (Å²) < 4.78 is 20.5. The zero-order chi connectivity index (χ0) is 81.7. The molecule has 12 heterocycles. The maximum atomic E-state index is 10.1. The SMILES string of the molecule is Cc1cc(C#N)cc(C)c1-c1cc2c3c(c1)n1c4cc5cc(-c6ccc7cc8nc9n(c8cc7c6)c6cc(-c7ccc(C#N)cc7)cc7c6n9c6nc8cc9ccc(-c%10ccc%11cc%12nc%13n(c%12cc%11c%10)c%10cc(-c%11cccc(C#N)c%11)cc%11c%10n%13c%10nc%12cc%13ccccc%13cc%12n%11%10)cc9cc8n76)ccc5cc4nc1n3c1nc3cc4ccccc4cc3n21. The number of benzene rings is 18. The van der Waals surface area contributed by atoms with Gasteiger partial charge in [-0.2, -0.15) is 15.8 Å². The molecular formula is C107H54N18. The molecule has 18 heteroatoms. The Hall–Kier alpha value is -17.8. The van der Waals surface area contributed by atoms with Crippen LogP contribution in [-0.2, 0) is 0 Å². The molecule has 0 aliphatic carbocycles. The molecule has 18 aromatic carbocycles. The Labute approximate surface area is 702 Å². The van der Waals surface area contributed by atoms with Gasteiger partial charge in [0.05, 0.1) is 134 Å². The number of imidazole rings is 12. The number of hydrogen-bond acceptors (Lipinski definition) is 9. The quantitative estimate of drug-likeness (QED) is 0.161. The van der Waals surface area contributed by atoms with Crippen molar-refractivity contribution in [1.82, 2.24) is 69.5 Å². The van der Waals surface area contributed by atoms with Gasteiger partial charge < -0.3 is 0 Å². The molecule has 0 saturated carbocycles. The highest BCUT2D eigenvalue weighted by atomic mass is 15.3. The van der Waals surface area contributed by atoms with E-state index >= 15 is 0 Å². The first-order valence-corrected chi connectivity index (χ1v) is 41.7. The molecular weight excluding hydrogens is 1540 g/mol. The number of hydrogen-bond donors (Lipinski definition) is 0. The molecule has 0 fully saturated rings. The second kappa shape index (κ2) is 22.6. The molecule has 0 spiro atoms. The van der Waals surface area contributed by atoms with Crippen molar-refractivity contribution in [1.29, 1.82) is 15.8 Å². The molecule has 0 radical (unpaired) electrons. The lowest BCUT2D eigenvalue weighted by Crippen LogP contribution is -1.93. The predicted molar refractivity (Wildman–Crippen MR) is 499 cm³/mol. The summed E-state index contributed by atoms with van der Waals surface area (Å²) in [7, 11) is 0. The van der Waals surface area contributed by atoms with Gasteiger partial charge in [0.15, 0.2) is 0 Å². The summed E-state index contributed by atoms with van der Waals surface area (Å²) in [6.07, 6.45) is 0. The molecule has 0 bridgehead atoms. The Morgan fingerprint density at radius 1 is 0.192 bits per heavy atom. The molecule has 12 aromatic heterocycles. The van der Waals surface area contributed by atoms with E-state index in [1.807, 2.05) is 54.6 Å². The fourth-order valence-corrected chi connectivity index (χ4v) is 21.6. The molecule has 0 aliphatic heterocycles. The van der Waals surface area contributed by atoms with Crippen LogP contribution in [0.5, 0.6) is 0 Å². The van der Waals surface area contributed by atoms with Gasteiger partial charge in [-0.1, -0.05) is 121 Å². The standard InChI is InChI=1S/C107H54N18/c1-54-26-58(53-110)27-55(2)98(54)79-49-96-101-97(50-79)122-91-44-76-32-68(21-25-72(76)38-85(91)116-107(122)125(101)103-112-81-34-62-10-4-6-12-64(62)40-87(81)118(96)103)66-19-23-70-36-83-89(42-74(70)30-66)120-93-46-77(59-16-14-56(51-108)15-17-59)45-92-99(93)123(105(120)114-83)104-113-82-35-69-22-18-65(29-73(69)41-88(82)119(92)104)67-20-24-71-37-84-90(43-75(71)31-67)121-95-48-78(60-13-7-8-57(28-60)52-109)47-94-100(95)124(106(121)115-84)102-111-80-33-61-9-3-5-11-63(61)39-86(80)117(94)102/h3-50H,1-2H3. The first-order chi connectivity index (χ1) is 61.5. The highest BCUT2D eigenvalue weighted by Crippen LogP contribution is 2.47. The van der Waals surface area contributed by atoms with Crippen LogP contribution < -0.4 is 0 Å². The second-order valence-corrected chi connectivity index (χ2v) is 34.0. The Morgan fingerprint density at radius 2 is 0.464 bits per heavy atom. The van der Waals surface area contributed by atoms with E-state index in [0.29, 0.717) is 16.7 Å². The van der Waals surface area contributed by atoms with Crippen molar-refractivity contribution in [2.45, 2.75) is 13.8 Å². The summed E-state index contributed by atoms with van der Waals surface area (Å²) >= 11 is 0. The molecule has 0 unspecified atom stereocenters. The zero-order valence-electron chi connectivity index (χ0n) is 66.3. The van der Waals surface area contributed by atoms with Crippen LogP contribution in [0, 0.1) is 47.8 Å². The lowest BCUT2D eigenvalue weighted by atomic mass is 9.93. The Kier molecular flexibility index (Phi) is 11.8. The number of nitrogens with zero attached hydrogens (tertiary/aromatic N) is 18. The van der Waals surface area contributed by atoms with Crippen molar-refractivity contribution >= 4 is 215 Å². The van der Waals surface area contributed by atoms with Crippen molar-refractivity contribution in [3.05, 3.63) is 319 Å². The molecule has 30 aromatic rings. The molecule has 30 rings (SSSR count). The molecule has 18 nitrogen and oxygen atoms in total. The molecule has 0 saturated heterocycles. The van der Waals surface area contributed by atoms with E-state index in [9.17, 15) is 15.8 Å². The molecule has 0 atom stereocenters. The number of aromatic nitrogens is 15. The van der Waals surface area contributed by atoms with E-state index in [1.54, 1.807) is 0 Å². The van der Waals surface area contributed by atoms with Gasteiger partial charge in [-0.15, -0.1) is 0 Å². The van der Waals surface area contributed by atoms with Crippen LogP contribution in [-0.4, -0.2) is 69.5 Å². The average Bonchev–Trinajstić information content (AvgIpc) is 1.52. The monoisotopic (exact) mass is 1590 g/mol. The van der Waals surface area contributed by atoms with E-state index in [1.165, 1.54) is 0 Å². The van der Waals surface area contributed by atoms with Crippen LogP contribution in [0.3, 0.4) is 0 Å². The normalized spacial score (nSPS) is 12.7. The minimum absolute atomic E-state index is 0.596. The van der Waals surface area contributed by atoms with Gasteiger partial charge >= 0.3 is 0 Å². The third kappa shape index (κ3) is 8.42. The average molecular weight is 1590 g/mol. The van der Waals surface area contributed by atoms with Crippen LogP contribution in [0.15, 0.2) is 291 Å². The van der Waals surface area contributed by atoms with Crippen molar-refractivity contribution < 1.29 is 0 Å². The Bertz CT molecular complexity index is 10400. The van der Waals surface area contributed by atoms with Crippen LogP contribution in [0.2, 0.25) is 0 Å². The summed E-state index contributed by atoms with van der Waals surface area (Å²) in [6.45, 7) is 4.20. The summed E-state index contributed by atoms with van der Waals surface area (Å²) in [4.78, 5) is 32.9. The Balaban J connectivity index is 0.551. The largest absolute Gasteiger partial charge is 0.276 e. The number of aryl methyl sites for hydroxylation is 2. The lowest BCUT2D eigenvalue weighted by molar-refractivity contribution is 1.15. The fraction of sp³-hybridized carbons (Fsp3) is 0.0187. The highest BCUT2D eigenvalue weighted by Gasteiger charge is 2.31. The van der Waals surface area contributed by atoms with Gasteiger partial charge in [0.2, 0.25) is 34.7 Å². The molecule has 0 amide bonds. The summed E-state index contributed by atoms with van der Waals surface area (Å²) in [5.41, 5.74) is 34.8. The third-order valence-corrected chi connectivity index (χ3v) is 27.2. The number of rotatable bonds is 5. The van der Waals surface area contributed by atoms with Crippen molar-refractivity contribution in [2.24, 2.45) is 0 Å². The first kappa shape index (κ1) is 65.2. The van der Waals surface area contributed by atoms with E-state index < -0.39 is 0 Å². The van der Waals surface area contributed by atoms with Gasteiger partial charge in [-0.05, 0) is 315 Å². The minimum atomic E-state index is 0.596. The highest BCUT2D eigenvalue weighted by molar-refractivity contribution is 6.15. The third-order valence-electron chi connectivity index (χ3n) is 27.2. The summed E-state index contributed by atoms with van der Waals surface area (Å²) in [5, 5.41) is 43.3. The van der Waals surface area contributed by atoms with E-state index in [4.69, 9.17) is 29.9 Å². The van der Waals surface area contributed by atoms with Crippen LogP contribution in [0.1, 0.15) is 27.8 Å². The minimum Gasteiger partial charge on any atom is -0.276 e. The number of nitriles is 3. The number of fused-ring (bicyclic) bond motifs is 36. The van der Waals surface area contributed by atoms with Gasteiger partial charge in [-0.25, -0.2) is 43.1 Å². The maximum absolute atomic E-state index is 10.1. The van der Waals surface area contributed by atoms with Crippen molar-refractivity contribution in [3.63, 3.8) is 0 Å². The lowest BCUT2D eigenvalue weighted by Gasteiger charge is -2.12. The van der Waals surface area contributed by atoms with Gasteiger partial charge in [-0.3, -0.25) is 26.4 Å². The second-order valence-electron chi connectivity index (χ2n) is 34.0. The van der Waals surface area contributed by atoms with Crippen molar-refractivity contribution in [2.75, 3.05) is 0 Å². The maximum Gasteiger partial charge on any atom is 0.223 e. The van der Waals surface area contributed by atoms with Crippen LogP contribution in [0.25, 0.3) is 271 Å².